The maximum Gasteiger partial charge on any atom is 0.412 e. The zero-order chi connectivity index (χ0) is 18.8. The number of ether oxygens (including phenoxy) is 1. The molecule has 2 aliphatic heterocycles. The number of benzene rings is 1. The average Bonchev–Trinajstić information content (AvgIpc) is 3.14. The minimum absolute atomic E-state index is 0.0368. The predicted octanol–water partition coefficient (Wildman–Crippen LogP) is 1.20. The Kier molecular flexibility index (Phi) is 4.47. The Morgan fingerprint density at radius 3 is 2.78 bits per heavy atom. The Bertz CT molecular complexity index is 882. The molecule has 1 fully saturated rings. The molecule has 27 heavy (non-hydrogen) atoms. The number of fused-ring (bicyclic) bond motifs is 1. The monoisotopic (exact) mass is 365 g/mol. The highest BCUT2D eigenvalue weighted by Crippen LogP contribution is 2.30. The maximum atomic E-state index is 12.5. The summed E-state index contributed by atoms with van der Waals surface area (Å²) < 4.78 is 5.09. The number of nitrogens with one attached hydrogen (secondary N) is 3. The van der Waals surface area contributed by atoms with Gasteiger partial charge in [-0.2, -0.15) is 0 Å². The van der Waals surface area contributed by atoms with Gasteiger partial charge in [-0.3, -0.25) is 14.8 Å². The van der Waals surface area contributed by atoms with E-state index >= 15 is 0 Å². The van der Waals surface area contributed by atoms with Crippen LogP contribution >= 0.6 is 0 Å². The largest absolute Gasteiger partial charge is 0.412 e. The Balaban J connectivity index is 1.55. The zero-order valence-electron chi connectivity index (χ0n) is 14.7. The SMILES string of the molecule is CNC(=O)Oc1ccc(C2=CC(=O)N3NCC(c4ccccn4)C3N2)cc1. The molecular weight excluding hydrogens is 346 g/mol. The van der Waals surface area contributed by atoms with Gasteiger partial charge in [0.2, 0.25) is 0 Å². The van der Waals surface area contributed by atoms with Gasteiger partial charge < -0.3 is 15.4 Å². The van der Waals surface area contributed by atoms with E-state index in [-0.39, 0.29) is 18.0 Å². The van der Waals surface area contributed by atoms with Gasteiger partial charge >= 0.3 is 6.09 Å². The highest BCUT2D eigenvalue weighted by atomic mass is 16.5. The smallest absolute Gasteiger partial charge is 0.410 e. The highest BCUT2D eigenvalue weighted by Gasteiger charge is 2.41. The summed E-state index contributed by atoms with van der Waals surface area (Å²) in [7, 11) is 1.50. The van der Waals surface area contributed by atoms with E-state index in [1.165, 1.54) is 7.05 Å². The van der Waals surface area contributed by atoms with Gasteiger partial charge in [-0.1, -0.05) is 6.07 Å². The number of amides is 2. The van der Waals surface area contributed by atoms with Gasteiger partial charge in [-0.25, -0.2) is 10.2 Å². The lowest BCUT2D eigenvalue weighted by molar-refractivity contribution is -0.130. The summed E-state index contributed by atoms with van der Waals surface area (Å²) in [5, 5.41) is 7.42. The van der Waals surface area contributed by atoms with Gasteiger partial charge in [-0.15, -0.1) is 0 Å². The Hall–Kier alpha value is -3.39. The minimum Gasteiger partial charge on any atom is -0.410 e. The summed E-state index contributed by atoms with van der Waals surface area (Å²) >= 11 is 0. The van der Waals surface area contributed by atoms with E-state index < -0.39 is 6.09 Å². The van der Waals surface area contributed by atoms with E-state index in [4.69, 9.17) is 4.74 Å². The second-order valence-electron chi connectivity index (χ2n) is 6.24. The lowest BCUT2D eigenvalue weighted by atomic mass is 10.00. The third kappa shape index (κ3) is 3.34. The van der Waals surface area contributed by atoms with E-state index in [2.05, 4.69) is 21.0 Å². The van der Waals surface area contributed by atoms with Crippen LogP contribution in [0.2, 0.25) is 0 Å². The lowest BCUT2D eigenvalue weighted by Crippen LogP contribution is -2.52. The molecule has 8 heteroatoms. The maximum absolute atomic E-state index is 12.5. The number of hydrogen-bond acceptors (Lipinski definition) is 6. The van der Waals surface area contributed by atoms with Crippen LogP contribution in [-0.2, 0) is 4.79 Å². The summed E-state index contributed by atoms with van der Waals surface area (Å²) in [6, 6.07) is 12.8. The van der Waals surface area contributed by atoms with Crippen molar-refractivity contribution in [2.24, 2.45) is 0 Å². The van der Waals surface area contributed by atoms with Gasteiger partial charge in [0, 0.05) is 37.3 Å². The van der Waals surface area contributed by atoms with E-state index in [1.54, 1.807) is 41.5 Å². The first-order chi connectivity index (χ1) is 13.2. The number of hydrazine groups is 1. The van der Waals surface area contributed by atoms with Crippen LogP contribution in [0.15, 0.2) is 54.7 Å². The van der Waals surface area contributed by atoms with Crippen molar-refractivity contribution < 1.29 is 14.3 Å². The predicted molar refractivity (Wildman–Crippen MR) is 98.3 cm³/mol. The molecule has 4 rings (SSSR count). The topological polar surface area (TPSA) is 95.6 Å². The molecule has 0 radical (unpaired) electrons. The van der Waals surface area contributed by atoms with Crippen molar-refractivity contribution in [1.82, 2.24) is 26.1 Å². The number of carbonyl (C=O) groups is 2. The highest BCUT2D eigenvalue weighted by molar-refractivity contribution is 5.96. The van der Waals surface area contributed by atoms with Gasteiger partial charge in [-0.05, 0) is 42.0 Å². The molecule has 2 aromatic rings. The molecule has 2 atom stereocenters. The van der Waals surface area contributed by atoms with Crippen LogP contribution in [0, 0.1) is 0 Å². The van der Waals surface area contributed by atoms with E-state index in [1.807, 2.05) is 18.2 Å². The van der Waals surface area contributed by atoms with Crippen LogP contribution in [0.5, 0.6) is 5.75 Å². The molecule has 3 N–H and O–H groups in total. The van der Waals surface area contributed by atoms with Crippen molar-refractivity contribution in [2.45, 2.75) is 12.1 Å². The molecule has 1 aromatic carbocycles. The average molecular weight is 365 g/mol. The summed E-state index contributed by atoms with van der Waals surface area (Å²) in [4.78, 5) is 28.3. The van der Waals surface area contributed by atoms with Gasteiger partial charge in [0.1, 0.15) is 11.9 Å². The fraction of sp³-hybridized carbons (Fsp3) is 0.211. The molecule has 8 nitrogen and oxygen atoms in total. The summed E-state index contributed by atoms with van der Waals surface area (Å²) in [5.41, 5.74) is 5.61. The first-order valence-corrected chi connectivity index (χ1v) is 8.61. The van der Waals surface area contributed by atoms with Crippen LogP contribution < -0.4 is 20.8 Å². The number of hydrogen-bond donors (Lipinski definition) is 3. The van der Waals surface area contributed by atoms with Crippen molar-refractivity contribution in [3.63, 3.8) is 0 Å². The van der Waals surface area contributed by atoms with Crippen molar-refractivity contribution in [2.75, 3.05) is 13.6 Å². The molecule has 2 unspecified atom stereocenters. The first kappa shape index (κ1) is 17.0. The minimum atomic E-state index is -0.529. The van der Waals surface area contributed by atoms with Gasteiger partial charge in [0.25, 0.3) is 5.91 Å². The lowest BCUT2D eigenvalue weighted by Gasteiger charge is -2.32. The quantitative estimate of drug-likeness (QED) is 0.757. The van der Waals surface area contributed by atoms with Gasteiger partial charge in [0.05, 0.1) is 5.92 Å². The Morgan fingerprint density at radius 2 is 2.07 bits per heavy atom. The number of pyridine rings is 1. The van der Waals surface area contributed by atoms with Crippen LogP contribution in [-0.4, -0.2) is 41.8 Å². The zero-order valence-corrected chi connectivity index (χ0v) is 14.7. The molecule has 3 heterocycles. The summed E-state index contributed by atoms with van der Waals surface area (Å²) in [6.07, 6.45) is 2.55. The molecule has 0 bridgehead atoms. The third-order valence-corrected chi connectivity index (χ3v) is 4.60. The van der Waals surface area contributed by atoms with Crippen molar-refractivity contribution in [3.05, 3.63) is 66.0 Å². The number of rotatable bonds is 3. The Labute approximate surface area is 156 Å². The molecule has 2 aliphatic rings. The fourth-order valence-corrected chi connectivity index (χ4v) is 3.25. The van der Waals surface area contributed by atoms with Crippen molar-refractivity contribution in [3.8, 4) is 5.75 Å². The number of nitrogens with zero attached hydrogens (tertiary/aromatic N) is 2. The van der Waals surface area contributed by atoms with Crippen molar-refractivity contribution >= 4 is 17.7 Å². The summed E-state index contributed by atoms with van der Waals surface area (Å²) in [5.74, 6) is 0.351. The Morgan fingerprint density at radius 1 is 1.26 bits per heavy atom. The summed E-state index contributed by atoms with van der Waals surface area (Å²) in [6.45, 7) is 0.625. The number of aromatic nitrogens is 1. The molecule has 0 saturated carbocycles. The standard InChI is InChI=1S/C19H19N5O3/c1-20-19(26)27-13-7-5-12(6-8-13)16-10-17(25)24-18(23-16)14(11-22-24)15-4-2-3-9-21-15/h2-10,14,18,22-23H,11H2,1H3,(H,20,26). The van der Waals surface area contributed by atoms with Gasteiger partial charge in [0.15, 0.2) is 0 Å². The van der Waals surface area contributed by atoms with Crippen LogP contribution in [0.3, 0.4) is 0 Å². The van der Waals surface area contributed by atoms with Crippen LogP contribution in [0.1, 0.15) is 17.2 Å². The molecule has 2 amide bonds. The number of carbonyl (C=O) groups excluding carboxylic acids is 2. The second-order valence-corrected chi connectivity index (χ2v) is 6.24. The molecule has 138 valence electrons. The molecule has 0 aliphatic carbocycles. The van der Waals surface area contributed by atoms with Crippen LogP contribution in [0.4, 0.5) is 4.79 Å². The van der Waals surface area contributed by atoms with E-state index in [9.17, 15) is 9.59 Å². The fourth-order valence-electron chi connectivity index (χ4n) is 3.25. The van der Waals surface area contributed by atoms with Crippen molar-refractivity contribution in [1.29, 1.82) is 0 Å². The molecule has 0 spiro atoms. The molecular formula is C19H19N5O3. The first-order valence-electron chi connectivity index (χ1n) is 8.61. The third-order valence-electron chi connectivity index (χ3n) is 4.60. The van der Waals surface area contributed by atoms with Crippen LogP contribution in [0.25, 0.3) is 5.70 Å². The second kappa shape index (κ2) is 7.08. The normalized spacial score (nSPS) is 21.1. The molecule has 1 aromatic heterocycles. The molecule has 1 saturated heterocycles. The van der Waals surface area contributed by atoms with E-state index in [0.717, 1.165) is 17.0 Å². The van der Waals surface area contributed by atoms with E-state index in [0.29, 0.717) is 12.3 Å².